The highest BCUT2D eigenvalue weighted by Gasteiger charge is 2.27. The molecule has 1 aliphatic rings. The molecule has 0 aromatic heterocycles. The maximum absolute atomic E-state index is 12.4. The van der Waals surface area contributed by atoms with Gasteiger partial charge in [-0.15, -0.1) is 0 Å². The molecule has 1 heterocycles. The summed E-state index contributed by atoms with van der Waals surface area (Å²) in [7, 11) is 1.71. The van der Waals surface area contributed by atoms with Crippen molar-refractivity contribution in [3.8, 4) is 5.75 Å². The second kappa shape index (κ2) is 9.66. The predicted molar refractivity (Wildman–Crippen MR) is 102 cm³/mol. The van der Waals surface area contributed by atoms with Gasteiger partial charge in [0, 0.05) is 25.2 Å². The first-order valence-corrected chi connectivity index (χ1v) is 9.50. The van der Waals surface area contributed by atoms with Crippen LogP contribution < -0.4 is 10.1 Å². The van der Waals surface area contributed by atoms with E-state index >= 15 is 0 Å². The highest BCUT2D eigenvalue weighted by Crippen LogP contribution is 2.31. The Kier molecular flexibility index (Phi) is 7.56. The average molecular weight is 348 g/mol. The number of rotatable bonds is 7. The van der Waals surface area contributed by atoms with Crippen molar-refractivity contribution in [3.05, 3.63) is 29.8 Å². The molecular weight excluding hydrogens is 314 g/mol. The molecule has 0 saturated carbocycles. The number of hydrogen-bond donors (Lipinski definition) is 1. The van der Waals surface area contributed by atoms with Gasteiger partial charge in [-0.3, -0.25) is 4.90 Å². The summed E-state index contributed by atoms with van der Waals surface area (Å²) in [5, 5.41) is 3.13. The van der Waals surface area contributed by atoms with Crippen molar-refractivity contribution in [2.75, 3.05) is 39.8 Å². The standard InChI is InChI=1S/C20H33N3O2/c1-5-22(6-2)20(24)21-15-18(23-13-11-16(3)12-14-23)17-9-7-8-10-19(17)25-4/h7-10,16,18H,5-6,11-15H2,1-4H3,(H,21,24). The van der Waals surface area contributed by atoms with Crippen LogP contribution in [0.4, 0.5) is 4.79 Å². The molecule has 140 valence electrons. The fourth-order valence-corrected chi connectivity index (χ4v) is 3.52. The number of benzene rings is 1. The number of hydrogen-bond acceptors (Lipinski definition) is 3. The summed E-state index contributed by atoms with van der Waals surface area (Å²) in [6.07, 6.45) is 2.41. The Bertz CT molecular complexity index is 537. The molecule has 0 aliphatic carbocycles. The number of carbonyl (C=O) groups excluding carboxylic acids is 1. The molecular formula is C20H33N3O2. The molecule has 2 amide bonds. The zero-order chi connectivity index (χ0) is 18.2. The molecule has 0 spiro atoms. The van der Waals surface area contributed by atoms with Gasteiger partial charge in [0.25, 0.3) is 0 Å². The highest BCUT2D eigenvalue weighted by atomic mass is 16.5. The molecule has 1 N–H and O–H groups in total. The van der Waals surface area contributed by atoms with E-state index in [-0.39, 0.29) is 12.1 Å². The smallest absolute Gasteiger partial charge is 0.317 e. The van der Waals surface area contributed by atoms with Crippen LogP contribution in [-0.4, -0.2) is 55.7 Å². The topological polar surface area (TPSA) is 44.8 Å². The van der Waals surface area contributed by atoms with Crippen LogP contribution in [0.2, 0.25) is 0 Å². The molecule has 2 rings (SSSR count). The number of nitrogens with one attached hydrogen (secondary N) is 1. The first-order chi connectivity index (χ1) is 12.1. The van der Waals surface area contributed by atoms with E-state index in [1.807, 2.05) is 36.9 Å². The van der Waals surface area contributed by atoms with Gasteiger partial charge >= 0.3 is 6.03 Å². The molecule has 25 heavy (non-hydrogen) atoms. The van der Waals surface area contributed by atoms with Crippen molar-refractivity contribution in [1.29, 1.82) is 0 Å². The van der Waals surface area contributed by atoms with Crippen molar-refractivity contribution >= 4 is 6.03 Å². The molecule has 5 heteroatoms. The second-order valence-electron chi connectivity index (χ2n) is 6.83. The van der Waals surface area contributed by atoms with Crippen molar-refractivity contribution < 1.29 is 9.53 Å². The number of piperidine rings is 1. The molecule has 0 bridgehead atoms. The number of carbonyl (C=O) groups is 1. The second-order valence-corrected chi connectivity index (χ2v) is 6.83. The summed E-state index contributed by atoms with van der Waals surface area (Å²) in [5.74, 6) is 1.67. The first kappa shape index (κ1) is 19.6. The Hall–Kier alpha value is -1.75. The number of amides is 2. The molecule has 1 aromatic carbocycles. The number of para-hydroxylation sites is 1. The van der Waals surface area contributed by atoms with Crippen LogP contribution in [-0.2, 0) is 0 Å². The maximum atomic E-state index is 12.4. The van der Waals surface area contributed by atoms with Gasteiger partial charge in [0.05, 0.1) is 13.2 Å². The molecule has 0 radical (unpaired) electrons. The van der Waals surface area contributed by atoms with Crippen molar-refractivity contribution in [1.82, 2.24) is 15.1 Å². The van der Waals surface area contributed by atoms with Gasteiger partial charge in [-0.05, 0) is 51.8 Å². The summed E-state index contributed by atoms with van der Waals surface area (Å²) >= 11 is 0. The Labute approximate surface area is 152 Å². The van der Waals surface area contributed by atoms with E-state index in [0.29, 0.717) is 6.54 Å². The Morgan fingerprint density at radius 2 is 1.92 bits per heavy atom. The Balaban J connectivity index is 2.16. The van der Waals surface area contributed by atoms with Crippen LogP contribution in [0.3, 0.4) is 0 Å². The zero-order valence-electron chi connectivity index (χ0n) is 16.1. The van der Waals surface area contributed by atoms with E-state index in [0.717, 1.165) is 43.4 Å². The number of ether oxygens (including phenoxy) is 1. The summed E-state index contributed by atoms with van der Waals surface area (Å²) in [6, 6.07) is 8.31. The number of nitrogens with zero attached hydrogens (tertiary/aromatic N) is 2. The van der Waals surface area contributed by atoms with Crippen molar-refractivity contribution in [2.24, 2.45) is 5.92 Å². The molecule has 1 atom stereocenters. The lowest BCUT2D eigenvalue weighted by Crippen LogP contribution is -2.45. The summed E-state index contributed by atoms with van der Waals surface area (Å²) in [4.78, 5) is 16.7. The highest BCUT2D eigenvalue weighted by molar-refractivity contribution is 5.74. The quantitative estimate of drug-likeness (QED) is 0.821. The van der Waals surface area contributed by atoms with Gasteiger partial charge in [0.15, 0.2) is 0 Å². The third-order valence-electron chi connectivity index (χ3n) is 5.25. The minimum atomic E-state index is 0.00951. The van der Waals surface area contributed by atoms with Crippen LogP contribution in [0.5, 0.6) is 5.75 Å². The predicted octanol–water partition coefficient (Wildman–Crippen LogP) is 3.52. The van der Waals surface area contributed by atoms with E-state index < -0.39 is 0 Å². The number of likely N-dealkylation sites (tertiary alicyclic amines) is 1. The SMILES string of the molecule is CCN(CC)C(=O)NCC(c1ccccc1OC)N1CCC(C)CC1. The normalized spacial score (nSPS) is 17.1. The molecule has 1 aromatic rings. The van der Waals surface area contributed by atoms with Gasteiger partial charge < -0.3 is 15.0 Å². The lowest BCUT2D eigenvalue weighted by atomic mass is 9.95. The van der Waals surface area contributed by atoms with E-state index in [1.165, 1.54) is 12.8 Å². The lowest BCUT2D eigenvalue weighted by Gasteiger charge is -2.37. The maximum Gasteiger partial charge on any atom is 0.317 e. The summed E-state index contributed by atoms with van der Waals surface area (Å²) < 4.78 is 5.59. The minimum Gasteiger partial charge on any atom is -0.496 e. The van der Waals surface area contributed by atoms with E-state index in [1.54, 1.807) is 7.11 Å². The van der Waals surface area contributed by atoms with Gasteiger partial charge in [0.2, 0.25) is 0 Å². The van der Waals surface area contributed by atoms with Crippen LogP contribution in [0, 0.1) is 5.92 Å². The largest absolute Gasteiger partial charge is 0.496 e. The summed E-state index contributed by atoms with van der Waals surface area (Å²) in [5.41, 5.74) is 1.15. The average Bonchev–Trinajstić information content (AvgIpc) is 2.64. The van der Waals surface area contributed by atoms with E-state index in [2.05, 4.69) is 23.2 Å². The Morgan fingerprint density at radius 3 is 2.52 bits per heavy atom. The molecule has 5 nitrogen and oxygen atoms in total. The fraction of sp³-hybridized carbons (Fsp3) is 0.650. The molecule has 1 unspecified atom stereocenters. The van der Waals surface area contributed by atoms with Crippen molar-refractivity contribution in [3.63, 3.8) is 0 Å². The fourth-order valence-electron chi connectivity index (χ4n) is 3.52. The number of urea groups is 1. The van der Waals surface area contributed by atoms with Crippen LogP contribution >= 0.6 is 0 Å². The monoisotopic (exact) mass is 347 g/mol. The Morgan fingerprint density at radius 1 is 1.28 bits per heavy atom. The van der Waals surface area contributed by atoms with Crippen LogP contribution in [0.15, 0.2) is 24.3 Å². The molecule has 1 fully saturated rings. The van der Waals surface area contributed by atoms with Crippen molar-refractivity contribution in [2.45, 2.75) is 39.7 Å². The van der Waals surface area contributed by atoms with Crippen LogP contribution in [0.25, 0.3) is 0 Å². The van der Waals surface area contributed by atoms with Gasteiger partial charge in [0.1, 0.15) is 5.75 Å². The minimum absolute atomic E-state index is 0.00951. The zero-order valence-corrected chi connectivity index (χ0v) is 16.1. The van der Waals surface area contributed by atoms with Gasteiger partial charge in [-0.1, -0.05) is 25.1 Å². The van der Waals surface area contributed by atoms with E-state index in [9.17, 15) is 4.79 Å². The van der Waals surface area contributed by atoms with E-state index in [4.69, 9.17) is 4.74 Å². The third kappa shape index (κ3) is 5.11. The third-order valence-corrected chi connectivity index (χ3v) is 5.25. The first-order valence-electron chi connectivity index (χ1n) is 9.50. The molecule has 1 aliphatic heterocycles. The van der Waals surface area contributed by atoms with Gasteiger partial charge in [-0.25, -0.2) is 4.79 Å². The van der Waals surface area contributed by atoms with Gasteiger partial charge in [-0.2, -0.15) is 0 Å². The molecule has 1 saturated heterocycles. The van der Waals surface area contributed by atoms with Crippen LogP contribution in [0.1, 0.15) is 45.2 Å². The summed E-state index contributed by atoms with van der Waals surface area (Å²) in [6.45, 7) is 10.5. The number of methoxy groups -OCH3 is 1. The lowest BCUT2D eigenvalue weighted by molar-refractivity contribution is 0.131.